The van der Waals surface area contributed by atoms with E-state index in [9.17, 15) is 9.59 Å². The van der Waals surface area contributed by atoms with Crippen LogP contribution < -0.4 is 5.32 Å². The van der Waals surface area contributed by atoms with Crippen molar-refractivity contribution in [1.82, 2.24) is 20.2 Å². The molecule has 1 aromatic carbocycles. The lowest BCUT2D eigenvalue weighted by molar-refractivity contribution is -0.135. The number of nitrogens with zero attached hydrogens (tertiary/aromatic N) is 2. The summed E-state index contributed by atoms with van der Waals surface area (Å²) in [5, 5.41) is 2.66. The molecule has 1 aromatic heterocycles. The number of carbonyl (C=O) groups is 2. The molecule has 7 nitrogen and oxygen atoms in total. The van der Waals surface area contributed by atoms with E-state index in [0.29, 0.717) is 18.9 Å². The SMILES string of the molecule is COC(=O)NC(C(=O)N(Cc1ncc(-c2ccc(C)cc2)[nH]1)CC(C)C)C(C)C. The molecular weight excluding hydrogens is 368 g/mol. The van der Waals surface area contributed by atoms with E-state index in [1.54, 1.807) is 11.1 Å². The van der Waals surface area contributed by atoms with E-state index >= 15 is 0 Å². The fourth-order valence-corrected chi connectivity index (χ4v) is 3.07. The topological polar surface area (TPSA) is 87.3 Å². The molecule has 0 aliphatic heterocycles. The largest absolute Gasteiger partial charge is 0.453 e. The van der Waals surface area contributed by atoms with Crippen LogP contribution in [0.2, 0.25) is 0 Å². The number of nitrogens with one attached hydrogen (secondary N) is 2. The van der Waals surface area contributed by atoms with Gasteiger partial charge in [-0.25, -0.2) is 9.78 Å². The van der Waals surface area contributed by atoms with Crippen LogP contribution in [-0.4, -0.2) is 46.6 Å². The highest BCUT2D eigenvalue weighted by Crippen LogP contribution is 2.19. The van der Waals surface area contributed by atoms with Crippen molar-refractivity contribution < 1.29 is 14.3 Å². The number of imidazole rings is 1. The summed E-state index contributed by atoms with van der Waals surface area (Å²) in [7, 11) is 1.29. The molecular formula is C22H32N4O3. The molecule has 2 rings (SSSR count). The van der Waals surface area contributed by atoms with Crippen molar-refractivity contribution in [3.63, 3.8) is 0 Å². The zero-order chi connectivity index (χ0) is 21.6. The van der Waals surface area contributed by atoms with Gasteiger partial charge < -0.3 is 19.9 Å². The molecule has 2 N–H and O–H groups in total. The molecule has 0 saturated heterocycles. The van der Waals surface area contributed by atoms with Crippen LogP contribution in [0.1, 0.15) is 39.1 Å². The summed E-state index contributed by atoms with van der Waals surface area (Å²) >= 11 is 0. The molecule has 7 heteroatoms. The number of amides is 2. The molecule has 1 unspecified atom stereocenters. The Kier molecular flexibility index (Phi) is 7.82. The highest BCUT2D eigenvalue weighted by molar-refractivity contribution is 5.86. The maximum Gasteiger partial charge on any atom is 0.407 e. The zero-order valence-electron chi connectivity index (χ0n) is 18.2. The van der Waals surface area contributed by atoms with Gasteiger partial charge in [0.1, 0.15) is 11.9 Å². The van der Waals surface area contributed by atoms with Gasteiger partial charge in [0.15, 0.2) is 0 Å². The summed E-state index contributed by atoms with van der Waals surface area (Å²) in [6, 6.07) is 7.52. The lowest BCUT2D eigenvalue weighted by atomic mass is 10.0. The van der Waals surface area contributed by atoms with Gasteiger partial charge in [0.05, 0.1) is 25.5 Å². The number of methoxy groups -OCH3 is 1. The average molecular weight is 401 g/mol. The second kappa shape index (κ2) is 10.1. The molecule has 2 amide bonds. The fraction of sp³-hybridized carbons (Fsp3) is 0.500. The third kappa shape index (κ3) is 6.34. The first-order valence-electron chi connectivity index (χ1n) is 9.95. The van der Waals surface area contributed by atoms with E-state index in [-0.39, 0.29) is 17.7 Å². The van der Waals surface area contributed by atoms with Crippen LogP contribution in [0.25, 0.3) is 11.3 Å². The Labute approximate surface area is 172 Å². The fourth-order valence-electron chi connectivity index (χ4n) is 3.07. The first-order valence-corrected chi connectivity index (χ1v) is 9.95. The van der Waals surface area contributed by atoms with Crippen molar-refractivity contribution in [3.8, 4) is 11.3 Å². The van der Waals surface area contributed by atoms with Crippen molar-refractivity contribution in [2.45, 2.75) is 47.2 Å². The first-order chi connectivity index (χ1) is 13.7. The number of rotatable bonds is 8. The molecule has 158 valence electrons. The molecule has 0 bridgehead atoms. The minimum atomic E-state index is -0.660. The number of hydrogen-bond acceptors (Lipinski definition) is 4. The Balaban J connectivity index is 2.20. The second-order valence-electron chi connectivity index (χ2n) is 8.08. The molecule has 29 heavy (non-hydrogen) atoms. The van der Waals surface area contributed by atoms with Gasteiger partial charge in [-0.2, -0.15) is 0 Å². The lowest BCUT2D eigenvalue weighted by Gasteiger charge is -2.30. The molecule has 0 saturated carbocycles. The van der Waals surface area contributed by atoms with Crippen LogP contribution in [0.3, 0.4) is 0 Å². The number of hydrogen-bond donors (Lipinski definition) is 2. The smallest absolute Gasteiger partial charge is 0.407 e. The summed E-state index contributed by atoms with van der Waals surface area (Å²) < 4.78 is 4.68. The number of aromatic nitrogens is 2. The molecule has 0 aliphatic carbocycles. The van der Waals surface area contributed by atoms with Crippen LogP contribution in [0.5, 0.6) is 0 Å². The highest BCUT2D eigenvalue weighted by atomic mass is 16.5. The van der Waals surface area contributed by atoms with Crippen LogP contribution in [-0.2, 0) is 16.1 Å². The van der Waals surface area contributed by atoms with Crippen LogP contribution in [0.4, 0.5) is 4.79 Å². The van der Waals surface area contributed by atoms with Gasteiger partial charge in [0.2, 0.25) is 5.91 Å². The van der Waals surface area contributed by atoms with E-state index in [1.807, 2.05) is 32.9 Å². The number of aromatic amines is 1. The summed E-state index contributed by atoms with van der Waals surface area (Å²) in [6.07, 6.45) is 1.17. The van der Waals surface area contributed by atoms with Gasteiger partial charge in [-0.3, -0.25) is 4.79 Å². The summed E-state index contributed by atoms with van der Waals surface area (Å²) in [6.45, 7) is 10.9. The molecule has 1 atom stereocenters. The highest BCUT2D eigenvalue weighted by Gasteiger charge is 2.30. The van der Waals surface area contributed by atoms with Gasteiger partial charge >= 0.3 is 6.09 Å². The lowest BCUT2D eigenvalue weighted by Crippen LogP contribution is -2.51. The monoisotopic (exact) mass is 400 g/mol. The minimum absolute atomic E-state index is 0.0732. The Morgan fingerprint density at radius 3 is 2.38 bits per heavy atom. The average Bonchev–Trinajstić information content (AvgIpc) is 3.13. The van der Waals surface area contributed by atoms with Gasteiger partial charge in [0.25, 0.3) is 0 Å². The standard InChI is InChI=1S/C22H32N4O3/c1-14(2)12-26(21(27)20(15(3)4)25-22(28)29-6)13-19-23-11-18(24-19)17-9-7-16(5)8-10-17/h7-11,14-15,20H,12-13H2,1-6H3,(H,23,24)(H,25,28). The maximum absolute atomic E-state index is 13.2. The minimum Gasteiger partial charge on any atom is -0.453 e. The van der Waals surface area contributed by atoms with E-state index in [2.05, 4.69) is 46.0 Å². The Hall–Kier alpha value is -2.83. The summed E-state index contributed by atoms with van der Waals surface area (Å²) in [5.74, 6) is 0.759. The Morgan fingerprint density at radius 1 is 1.17 bits per heavy atom. The Bertz CT molecular complexity index is 812. The van der Waals surface area contributed by atoms with Crippen LogP contribution in [0, 0.1) is 18.8 Å². The van der Waals surface area contributed by atoms with E-state index in [0.717, 1.165) is 11.3 Å². The van der Waals surface area contributed by atoms with Crippen molar-refractivity contribution in [1.29, 1.82) is 0 Å². The maximum atomic E-state index is 13.2. The normalized spacial score (nSPS) is 12.1. The van der Waals surface area contributed by atoms with E-state index in [4.69, 9.17) is 0 Å². The van der Waals surface area contributed by atoms with Crippen molar-refractivity contribution in [2.24, 2.45) is 11.8 Å². The van der Waals surface area contributed by atoms with E-state index < -0.39 is 12.1 Å². The molecule has 0 radical (unpaired) electrons. The van der Waals surface area contributed by atoms with Crippen LogP contribution in [0.15, 0.2) is 30.5 Å². The third-order valence-corrected chi connectivity index (χ3v) is 4.62. The number of alkyl carbamates (subject to hydrolysis) is 1. The van der Waals surface area contributed by atoms with Crippen LogP contribution >= 0.6 is 0 Å². The summed E-state index contributed by atoms with van der Waals surface area (Å²) in [4.78, 5) is 34.4. The van der Waals surface area contributed by atoms with Gasteiger partial charge in [0, 0.05) is 6.54 Å². The second-order valence-corrected chi connectivity index (χ2v) is 8.08. The number of ether oxygens (including phenoxy) is 1. The van der Waals surface area contributed by atoms with E-state index in [1.165, 1.54) is 12.7 Å². The van der Waals surface area contributed by atoms with Gasteiger partial charge in [-0.05, 0) is 24.3 Å². The van der Waals surface area contributed by atoms with Crippen molar-refractivity contribution in [3.05, 3.63) is 41.9 Å². The zero-order valence-corrected chi connectivity index (χ0v) is 18.2. The molecule has 1 heterocycles. The number of carbonyl (C=O) groups excluding carboxylic acids is 2. The number of H-pyrrole nitrogens is 1. The Morgan fingerprint density at radius 2 is 1.83 bits per heavy atom. The predicted octanol–water partition coefficient (Wildman–Crippen LogP) is 3.75. The van der Waals surface area contributed by atoms with Gasteiger partial charge in [-0.1, -0.05) is 57.5 Å². The summed E-state index contributed by atoms with van der Waals surface area (Å²) in [5.41, 5.74) is 3.15. The van der Waals surface area contributed by atoms with Gasteiger partial charge in [-0.15, -0.1) is 0 Å². The molecule has 0 spiro atoms. The quantitative estimate of drug-likeness (QED) is 0.706. The third-order valence-electron chi connectivity index (χ3n) is 4.62. The molecule has 0 fully saturated rings. The number of aryl methyl sites for hydroxylation is 1. The van der Waals surface area contributed by atoms with Crippen molar-refractivity contribution in [2.75, 3.05) is 13.7 Å². The molecule has 2 aromatic rings. The number of benzene rings is 1. The first kappa shape index (κ1) is 22.5. The predicted molar refractivity (Wildman–Crippen MR) is 113 cm³/mol. The van der Waals surface area contributed by atoms with Crippen molar-refractivity contribution >= 4 is 12.0 Å². The molecule has 0 aliphatic rings.